The molecule has 0 fully saturated rings. The van der Waals surface area contributed by atoms with Crippen molar-refractivity contribution in [2.45, 2.75) is 12.5 Å². The van der Waals surface area contributed by atoms with Gasteiger partial charge in [-0.3, -0.25) is 4.79 Å². The SMILES string of the molecule is O=C(NCC(c1ccco1)N1CCc2ccccc21)c1ccc(Br)cc1. The monoisotopic (exact) mass is 410 g/mol. The molecule has 4 rings (SSSR count). The third-order valence-electron chi connectivity index (χ3n) is 4.73. The normalized spacial score (nSPS) is 14.1. The molecular weight excluding hydrogens is 392 g/mol. The Balaban J connectivity index is 1.54. The third kappa shape index (κ3) is 3.40. The van der Waals surface area contributed by atoms with Crippen LogP contribution in [0.25, 0.3) is 0 Å². The first kappa shape index (κ1) is 16.9. The molecule has 3 aromatic rings. The van der Waals surface area contributed by atoms with E-state index in [4.69, 9.17) is 4.42 Å². The van der Waals surface area contributed by atoms with E-state index in [1.165, 1.54) is 11.3 Å². The van der Waals surface area contributed by atoms with Crippen LogP contribution in [0.4, 0.5) is 5.69 Å². The number of furan rings is 1. The number of nitrogens with one attached hydrogen (secondary N) is 1. The van der Waals surface area contributed by atoms with E-state index in [2.05, 4.69) is 50.4 Å². The maximum Gasteiger partial charge on any atom is 0.251 e. The highest BCUT2D eigenvalue weighted by Crippen LogP contribution is 2.34. The predicted octanol–water partition coefficient (Wildman–Crippen LogP) is 4.58. The molecule has 26 heavy (non-hydrogen) atoms. The molecule has 0 saturated carbocycles. The zero-order valence-corrected chi connectivity index (χ0v) is 15.8. The van der Waals surface area contributed by atoms with Crippen LogP contribution >= 0.6 is 15.9 Å². The van der Waals surface area contributed by atoms with E-state index in [0.717, 1.165) is 23.2 Å². The fraction of sp³-hybridized carbons (Fsp3) is 0.190. The van der Waals surface area contributed by atoms with E-state index in [1.54, 1.807) is 6.26 Å². The highest BCUT2D eigenvalue weighted by molar-refractivity contribution is 9.10. The van der Waals surface area contributed by atoms with Crippen LogP contribution in [0.5, 0.6) is 0 Å². The number of fused-ring (bicyclic) bond motifs is 1. The number of rotatable bonds is 5. The number of hydrogen-bond acceptors (Lipinski definition) is 3. The largest absolute Gasteiger partial charge is 0.467 e. The van der Waals surface area contributed by atoms with Crippen LogP contribution in [0.1, 0.15) is 27.7 Å². The van der Waals surface area contributed by atoms with E-state index in [-0.39, 0.29) is 11.9 Å². The summed E-state index contributed by atoms with van der Waals surface area (Å²) in [6.45, 7) is 1.40. The van der Waals surface area contributed by atoms with E-state index in [0.29, 0.717) is 12.1 Å². The van der Waals surface area contributed by atoms with Crippen molar-refractivity contribution in [3.8, 4) is 0 Å². The van der Waals surface area contributed by atoms with Crippen LogP contribution in [0, 0.1) is 0 Å². The van der Waals surface area contributed by atoms with Crippen molar-refractivity contribution in [2.75, 3.05) is 18.0 Å². The number of hydrogen-bond donors (Lipinski definition) is 1. The fourth-order valence-corrected chi connectivity index (χ4v) is 3.69. The zero-order valence-electron chi connectivity index (χ0n) is 14.2. The molecule has 0 radical (unpaired) electrons. The molecule has 1 aliphatic rings. The van der Waals surface area contributed by atoms with E-state index >= 15 is 0 Å². The van der Waals surface area contributed by atoms with E-state index in [1.807, 2.05) is 36.4 Å². The van der Waals surface area contributed by atoms with Crippen LogP contribution in [-0.2, 0) is 6.42 Å². The van der Waals surface area contributed by atoms with Crippen molar-refractivity contribution in [1.82, 2.24) is 5.32 Å². The summed E-state index contributed by atoms with van der Waals surface area (Å²) < 4.78 is 6.63. The highest BCUT2D eigenvalue weighted by atomic mass is 79.9. The second-order valence-electron chi connectivity index (χ2n) is 6.32. The summed E-state index contributed by atoms with van der Waals surface area (Å²) in [6.07, 6.45) is 2.69. The Morgan fingerprint density at radius 2 is 1.92 bits per heavy atom. The van der Waals surface area contributed by atoms with Crippen molar-refractivity contribution < 1.29 is 9.21 Å². The Morgan fingerprint density at radius 1 is 1.12 bits per heavy atom. The van der Waals surface area contributed by atoms with Gasteiger partial charge in [0.05, 0.1) is 6.26 Å². The molecule has 5 heteroatoms. The molecule has 4 nitrogen and oxygen atoms in total. The van der Waals surface area contributed by atoms with Crippen molar-refractivity contribution >= 4 is 27.5 Å². The molecule has 0 spiro atoms. The lowest BCUT2D eigenvalue weighted by Gasteiger charge is -2.29. The Hall–Kier alpha value is -2.53. The van der Waals surface area contributed by atoms with Crippen molar-refractivity contribution in [2.24, 2.45) is 0 Å². The first-order chi connectivity index (χ1) is 12.7. The van der Waals surface area contributed by atoms with Crippen LogP contribution in [0.2, 0.25) is 0 Å². The van der Waals surface area contributed by atoms with Crippen LogP contribution < -0.4 is 10.2 Å². The molecule has 0 saturated heterocycles. The van der Waals surface area contributed by atoms with E-state index in [9.17, 15) is 4.79 Å². The van der Waals surface area contributed by atoms with Gasteiger partial charge in [-0.25, -0.2) is 0 Å². The minimum atomic E-state index is -0.0819. The van der Waals surface area contributed by atoms with Gasteiger partial charge >= 0.3 is 0 Å². The second kappa shape index (κ2) is 7.38. The van der Waals surface area contributed by atoms with Gasteiger partial charge in [-0.2, -0.15) is 0 Å². The van der Waals surface area contributed by atoms with Gasteiger partial charge in [0.2, 0.25) is 0 Å². The van der Waals surface area contributed by atoms with Gasteiger partial charge in [-0.15, -0.1) is 0 Å². The molecule has 1 N–H and O–H groups in total. The molecule has 2 aromatic carbocycles. The van der Waals surface area contributed by atoms with Gasteiger partial charge in [0.15, 0.2) is 0 Å². The van der Waals surface area contributed by atoms with Crippen LogP contribution in [0.3, 0.4) is 0 Å². The number of amides is 1. The lowest BCUT2D eigenvalue weighted by Crippen LogP contribution is -2.37. The summed E-state index contributed by atoms with van der Waals surface area (Å²) >= 11 is 3.39. The number of anilines is 1. The Kier molecular flexibility index (Phi) is 4.80. The zero-order chi connectivity index (χ0) is 17.9. The van der Waals surface area contributed by atoms with Crippen molar-refractivity contribution in [1.29, 1.82) is 0 Å². The van der Waals surface area contributed by atoms with E-state index < -0.39 is 0 Å². The molecule has 132 valence electrons. The maximum absolute atomic E-state index is 12.5. The lowest BCUT2D eigenvalue weighted by molar-refractivity contribution is 0.0950. The Bertz CT molecular complexity index is 891. The maximum atomic E-state index is 12.5. The minimum Gasteiger partial charge on any atom is -0.467 e. The van der Waals surface area contributed by atoms with Gasteiger partial charge in [0.1, 0.15) is 11.8 Å². The number of benzene rings is 2. The smallest absolute Gasteiger partial charge is 0.251 e. The quantitative estimate of drug-likeness (QED) is 0.669. The predicted molar refractivity (Wildman–Crippen MR) is 105 cm³/mol. The number of para-hydroxylation sites is 1. The van der Waals surface area contributed by atoms with Gasteiger partial charge in [-0.1, -0.05) is 34.1 Å². The summed E-state index contributed by atoms with van der Waals surface area (Å²) in [7, 11) is 0. The lowest BCUT2D eigenvalue weighted by atomic mass is 10.1. The first-order valence-corrected chi connectivity index (χ1v) is 9.43. The third-order valence-corrected chi connectivity index (χ3v) is 5.26. The fourth-order valence-electron chi connectivity index (χ4n) is 3.43. The van der Waals surface area contributed by atoms with Crippen LogP contribution in [0.15, 0.2) is 75.8 Å². The standard InChI is InChI=1S/C21H19BrN2O2/c22-17-9-7-16(8-10-17)21(25)23-14-19(20-6-3-13-26-20)24-12-11-15-4-1-2-5-18(15)24/h1-10,13,19H,11-12,14H2,(H,23,25). The summed E-state index contributed by atoms with van der Waals surface area (Å²) in [5.74, 6) is 0.777. The molecular formula is C21H19BrN2O2. The average Bonchev–Trinajstić information content (AvgIpc) is 3.33. The molecule has 0 aliphatic carbocycles. The number of carbonyl (C=O) groups excluding carboxylic acids is 1. The highest BCUT2D eigenvalue weighted by Gasteiger charge is 2.29. The Labute approximate surface area is 160 Å². The van der Waals surface area contributed by atoms with Crippen molar-refractivity contribution in [3.63, 3.8) is 0 Å². The molecule has 2 heterocycles. The van der Waals surface area contributed by atoms with Gasteiger partial charge < -0.3 is 14.6 Å². The Morgan fingerprint density at radius 3 is 2.69 bits per heavy atom. The summed E-state index contributed by atoms with van der Waals surface area (Å²) in [4.78, 5) is 14.8. The second-order valence-corrected chi connectivity index (χ2v) is 7.24. The van der Waals surface area contributed by atoms with Gasteiger partial charge in [-0.05, 0) is 54.4 Å². The molecule has 0 bridgehead atoms. The van der Waals surface area contributed by atoms with Gasteiger partial charge in [0.25, 0.3) is 5.91 Å². The van der Waals surface area contributed by atoms with Crippen molar-refractivity contribution in [3.05, 3.63) is 88.3 Å². The number of nitrogens with zero attached hydrogens (tertiary/aromatic N) is 1. The molecule has 1 atom stereocenters. The topological polar surface area (TPSA) is 45.5 Å². The number of halogens is 1. The minimum absolute atomic E-state index is 0.0342. The molecule has 1 amide bonds. The molecule has 1 aromatic heterocycles. The average molecular weight is 411 g/mol. The van der Waals surface area contributed by atoms with Crippen LogP contribution in [-0.4, -0.2) is 19.0 Å². The summed E-state index contributed by atoms with van der Waals surface area (Å²) in [5.41, 5.74) is 3.20. The first-order valence-electron chi connectivity index (χ1n) is 8.64. The molecule has 1 aliphatic heterocycles. The molecule has 1 unspecified atom stereocenters. The van der Waals surface area contributed by atoms with Gasteiger partial charge in [0, 0.05) is 28.8 Å². The summed E-state index contributed by atoms with van der Waals surface area (Å²) in [6, 6.07) is 19.6. The summed E-state index contributed by atoms with van der Waals surface area (Å²) in [5, 5.41) is 3.06. The number of carbonyl (C=O) groups is 1.